The van der Waals surface area contributed by atoms with Gasteiger partial charge in [0.25, 0.3) is 0 Å². The predicted octanol–water partition coefficient (Wildman–Crippen LogP) is 3.86. The van der Waals surface area contributed by atoms with Gasteiger partial charge in [-0.1, -0.05) is 48.5 Å². The van der Waals surface area contributed by atoms with E-state index in [-0.39, 0.29) is 12.1 Å². The van der Waals surface area contributed by atoms with Crippen molar-refractivity contribution in [3.63, 3.8) is 0 Å². The van der Waals surface area contributed by atoms with Gasteiger partial charge in [-0.3, -0.25) is 0 Å². The summed E-state index contributed by atoms with van der Waals surface area (Å²) >= 11 is 0. The molecule has 2 aromatic carbocycles. The third-order valence-corrected chi connectivity index (χ3v) is 3.00. The normalized spacial score (nSPS) is 11.8. The van der Waals surface area contributed by atoms with E-state index >= 15 is 0 Å². The number of hydrogen-bond acceptors (Lipinski definition) is 2. The van der Waals surface area contributed by atoms with E-state index in [0.29, 0.717) is 5.56 Å². The number of carbonyl (C=O) groups is 1. The fourth-order valence-electron chi connectivity index (χ4n) is 1.90. The van der Waals surface area contributed by atoms with E-state index in [9.17, 15) is 4.79 Å². The Balaban J connectivity index is 1.81. The molecule has 2 rings (SSSR count). The molecule has 98 valence electrons. The Hall–Kier alpha value is -2.09. The van der Waals surface area contributed by atoms with Gasteiger partial charge in [0.1, 0.15) is 0 Å². The van der Waals surface area contributed by atoms with Crippen molar-refractivity contribution in [3.05, 3.63) is 71.8 Å². The average molecular weight is 254 g/mol. The van der Waals surface area contributed by atoms with Crippen molar-refractivity contribution >= 4 is 5.97 Å². The van der Waals surface area contributed by atoms with Gasteiger partial charge in [-0.05, 0) is 37.5 Å². The Morgan fingerprint density at radius 3 is 2.21 bits per heavy atom. The van der Waals surface area contributed by atoms with Crippen LogP contribution in [0.25, 0.3) is 0 Å². The van der Waals surface area contributed by atoms with Gasteiger partial charge < -0.3 is 4.74 Å². The van der Waals surface area contributed by atoms with Gasteiger partial charge in [0, 0.05) is 0 Å². The average Bonchev–Trinajstić information content (AvgIpc) is 2.47. The highest BCUT2D eigenvalue weighted by atomic mass is 16.5. The molecule has 0 fully saturated rings. The van der Waals surface area contributed by atoms with Crippen LogP contribution in [0.1, 0.15) is 29.3 Å². The lowest BCUT2D eigenvalue weighted by atomic mass is 10.1. The number of benzene rings is 2. The molecule has 0 spiro atoms. The summed E-state index contributed by atoms with van der Waals surface area (Å²) in [6.07, 6.45) is 1.68. The maximum absolute atomic E-state index is 11.8. The van der Waals surface area contributed by atoms with Crippen molar-refractivity contribution in [1.82, 2.24) is 0 Å². The zero-order valence-electron chi connectivity index (χ0n) is 11.1. The summed E-state index contributed by atoms with van der Waals surface area (Å²) in [5.41, 5.74) is 1.87. The van der Waals surface area contributed by atoms with Gasteiger partial charge in [-0.15, -0.1) is 0 Å². The third-order valence-electron chi connectivity index (χ3n) is 3.00. The zero-order chi connectivity index (χ0) is 13.5. The van der Waals surface area contributed by atoms with Crippen LogP contribution in [-0.2, 0) is 11.2 Å². The first kappa shape index (κ1) is 13.3. The minimum atomic E-state index is -0.249. The van der Waals surface area contributed by atoms with Crippen LogP contribution in [0.5, 0.6) is 0 Å². The first-order valence-electron chi connectivity index (χ1n) is 6.55. The quantitative estimate of drug-likeness (QED) is 0.757. The molecule has 1 atom stereocenters. The molecular weight excluding hydrogens is 236 g/mol. The molecule has 0 N–H and O–H groups in total. The largest absolute Gasteiger partial charge is 0.459 e. The molecule has 2 heteroatoms. The molecule has 0 aliphatic rings. The summed E-state index contributed by atoms with van der Waals surface area (Å²) < 4.78 is 5.42. The maximum Gasteiger partial charge on any atom is 0.338 e. The molecule has 19 heavy (non-hydrogen) atoms. The molecular formula is C17H18O2. The van der Waals surface area contributed by atoms with Crippen LogP contribution in [0.3, 0.4) is 0 Å². The van der Waals surface area contributed by atoms with E-state index < -0.39 is 0 Å². The number of hydrogen-bond donors (Lipinski definition) is 0. The summed E-state index contributed by atoms with van der Waals surface area (Å²) in [5, 5.41) is 0. The lowest BCUT2D eigenvalue weighted by Crippen LogP contribution is -2.15. The lowest BCUT2D eigenvalue weighted by Gasteiger charge is -2.13. The third kappa shape index (κ3) is 4.25. The highest BCUT2D eigenvalue weighted by molar-refractivity contribution is 5.89. The highest BCUT2D eigenvalue weighted by Crippen LogP contribution is 2.09. The minimum absolute atomic E-state index is 0.0760. The fraction of sp³-hybridized carbons (Fsp3) is 0.235. The van der Waals surface area contributed by atoms with Crippen molar-refractivity contribution in [2.45, 2.75) is 25.9 Å². The monoisotopic (exact) mass is 254 g/mol. The Morgan fingerprint density at radius 1 is 1.00 bits per heavy atom. The highest BCUT2D eigenvalue weighted by Gasteiger charge is 2.11. The van der Waals surface area contributed by atoms with Crippen LogP contribution in [-0.4, -0.2) is 12.1 Å². The zero-order valence-corrected chi connectivity index (χ0v) is 11.1. The van der Waals surface area contributed by atoms with E-state index in [0.717, 1.165) is 12.8 Å². The molecule has 2 nitrogen and oxygen atoms in total. The van der Waals surface area contributed by atoms with E-state index in [4.69, 9.17) is 4.74 Å². The molecule has 0 aromatic heterocycles. The molecule has 1 unspecified atom stereocenters. The molecule has 0 amide bonds. The summed E-state index contributed by atoms with van der Waals surface area (Å²) in [4.78, 5) is 11.8. The topological polar surface area (TPSA) is 26.3 Å². The SMILES string of the molecule is CC(CCc1ccccc1)OC(=O)c1ccccc1. The summed E-state index contributed by atoms with van der Waals surface area (Å²) in [5.74, 6) is -0.249. The molecule has 2 aromatic rings. The summed E-state index contributed by atoms with van der Waals surface area (Å²) in [7, 11) is 0. The molecule has 0 saturated carbocycles. The Morgan fingerprint density at radius 2 is 1.58 bits per heavy atom. The number of ether oxygens (including phenoxy) is 1. The maximum atomic E-state index is 11.8. The van der Waals surface area contributed by atoms with Gasteiger partial charge in [0.2, 0.25) is 0 Å². The molecule has 0 aliphatic heterocycles. The van der Waals surface area contributed by atoms with E-state index in [1.165, 1.54) is 5.56 Å². The Bertz CT molecular complexity index is 505. The predicted molar refractivity (Wildman–Crippen MR) is 76.1 cm³/mol. The standard InChI is InChI=1S/C17H18O2/c1-14(12-13-15-8-4-2-5-9-15)19-17(18)16-10-6-3-7-11-16/h2-11,14H,12-13H2,1H3. The molecule has 0 heterocycles. The second kappa shape index (κ2) is 6.74. The van der Waals surface area contributed by atoms with E-state index in [1.807, 2.05) is 43.3 Å². The van der Waals surface area contributed by atoms with E-state index in [2.05, 4.69) is 12.1 Å². The Labute approximate surface area is 114 Å². The summed E-state index contributed by atoms with van der Waals surface area (Å²) in [6, 6.07) is 19.3. The first-order chi connectivity index (χ1) is 9.25. The van der Waals surface area contributed by atoms with Crippen LogP contribution in [0.4, 0.5) is 0 Å². The van der Waals surface area contributed by atoms with Gasteiger partial charge in [0.05, 0.1) is 11.7 Å². The number of aryl methyl sites for hydroxylation is 1. The van der Waals surface area contributed by atoms with Crippen LogP contribution >= 0.6 is 0 Å². The minimum Gasteiger partial charge on any atom is -0.459 e. The van der Waals surface area contributed by atoms with Crippen LogP contribution < -0.4 is 0 Å². The van der Waals surface area contributed by atoms with Gasteiger partial charge >= 0.3 is 5.97 Å². The van der Waals surface area contributed by atoms with E-state index in [1.54, 1.807) is 12.1 Å². The molecule has 0 radical (unpaired) electrons. The van der Waals surface area contributed by atoms with Gasteiger partial charge in [-0.25, -0.2) is 4.79 Å². The fourth-order valence-corrected chi connectivity index (χ4v) is 1.90. The number of carbonyl (C=O) groups excluding carboxylic acids is 1. The second-order valence-electron chi connectivity index (χ2n) is 4.61. The molecule has 0 saturated heterocycles. The number of esters is 1. The molecule has 0 bridgehead atoms. The van der Waals surface area contributed by atoms with Crippen molar-refractivity contribution in [2.75, 3.05) is 0 Å². The smallest absolute Gasteiger partial charge is 0.338 e. The Kier molecular flexibility index (Phi) is 4.73. The molecule has 0 aliphatic carbocycles. The van der Waals surface area contributed by atoms with Crippen molar-refractivity contribution in [3.8, 4) is 0 Å². The van der Waals surface area contributed by atoms with Crippen LogP contribution in [0, 0.1) is 0 Å². The summed E-state index contributed by atoms with van der Waals surface area (Å²) in [6.45, 7) is 1.93. The van der Waals surface area contributed by atoms with Crippen molar-refractivity contribution in [1.29, 1.82) is 0 Å². The number of rotatable bonds is 5. The van der Waals surface area contributed by atoms with Crippen LogP contribution in [0.15, 0.2) is 60.7 Å². The van der Waals surface area contributed by atoms with Crippen molar-refractivity contribution < 1.29 is 9.53 Å². The second-order valence-corrected chi connectivity index (χ2v) is 4.61. The first-order valence-corrected chi connectivity index (χ1v) is 6.55. The van der Waals surface area contributed by atoms with Gasteiger partial charge in [-0.2, -0.15) is 0 Å². The lowest BCUT2D eigenvalue weighted by molar-refractivity contribution is 0.0325. The van der Waals surface area contributed by atoms with Crippen LogP contribution in [0.2, 0.25) is 0 Å². The van der Waals surface area contributed by atoms with Gasteiger partial charge in [0.15, 0.2) is 0 Å². The van der Waals surface area contributed by atoms with Crippen molar-refractivity contribution in [2.24, 2.45) is 0 Å².